The number of hydrogen-bond acceptors (Lipinski definition) is 3. The van der Waals surface area contributed by atoms with E-state index in [9.17, 15) is 0 Å². The molecular formula is C17H17NOS. The summed E-state index contributed by atoms with van der Waals surface area (Å²) in [5.74, 6) is 0.879. The summed E-state index contributed by atoms with van der Waals surface area (Å²) in [7, 11) is 1.68. The van der Waals surface area contributed by atoms with Gasteiger partial charge in [0.15, 0.2) is 0 Å². The molecule has 3 heteroatoms. The average molecular weight is 283 g/mol. The summed E-state index contributed by atoms with van der Waals surface area (Å²) >= 11 is 1.78. The minimum Gasteiger partial charge on any atom is -0.497 e. The molecule has 0 amide bonds. The van der Waals surface area contributed by atoms with Crippen molar-refractivity contribution in [2.75, 3.05) is 7.11 Å². The van der Waals surface area contributed by atoms with Crippen LogP contribution in [0.3, 0.4) is 0 Å². The molecule has 0 bridgehead atoms. The summed E-state index contributed by atoms with van der Waals surface area (Å²) in [5.41, 5.74) is 7.57. The maximum atomic E-state index is 6.34. The molecule has 3 aromatic rings. The van der Waals surface area contributed by atoms with Crippen molar-refractivity contribution < 1.29 is 4.74 Å². The molecule has 1 aromatic heterocycles. The number of benzene rings is 2. The zero-order valence-electron chi connectivity index (χ0n) is 11.4. The number of rotatable bonds is 4. The Labute approximate surface area is 122 Å². The van der Waals surface area contributed by atoms with E-state index in [1.54, 1.807) is 18.4 Å². The Kier molecular flexibility index (Phi) is 3.72. The summed E-state index contributed by atoms with van der Waals surface area (Å²) in [5, 5.41) is 1.28. The molecule has 2 aromatic carbocycles. The number of methoxy groups -OCH3 is 1. The van der Waals surface area contributed by atoms with E-state index in [0.29, 0.717) is 0 Å². The van der Waals surface area contributed by atoms with Gasteiger partial charge in [0.1, 0.15) is 5.75 Å². The van der Waals surface area contributed by atoms with Gasteiger partial charge in [-0.3, -0.25) is 0 Å². The molecule has 0 fully saturated rings. The van der Waals surface area contributed by atoms with E-state index < -0.39 is 0 Å². The molecule has 0 saturated heterocycles. The Bertz CT molecular complexity index is 669. The molecule has 0 radical (unpaired) electrons. The molecule has 0 spiro atoms. The standard InChI is InChI=1S/C17H17NOS/c1-19-14-8-6-12(7-9-14)10-15(18)17-11-13-4-2-3-5-16(13)20-17/h2-9,11,15H,10,18H2,1H3. The van der Waals surface area contributed by atoms with E-state index in [0.717, 1.165) is 12.2 Å². The van der Waals surface area contributed by atoms with Crippen molar-refractivity contribution in [1.29, 1.82) is 0 Å². The van der Waals surface area contributed by atoms with Crippen LogP contribution in [0.5, 0.6) is 5.75 Å². The molecule has 0 aliphatic rings. The fourth-order valence-electron chi connectivity index (χ4n) is 2.30. The van der Waals surface area contributed by atoms with E-state index in [4.69, 9.17) is 10.5 Å². The Balaban J connectivity index is 1.79. The van der Waals surface area contributed by atoms with Gasteiger partial charge in [0.05, 0.1) is 7.11 Å². The van der Waals surface area contributed by atoms with Gasteiger partial charge in [-0.05, 0) is 41.6 Å². The zero-order valence-corrected chi connectivity index (χ0v) is 12.2. The summed E-state index contributed by atoms with van der Waals surface area (Å²) in [6, 6.07) is 18.8. The van der Waals surface area contributed by atoms with E-state index in [2.05, 4.69) is 42.5 Å². The summed E-state index contributed by atoms with van der Waals surface area (Å²) in [4.78, 5) is 1.24. The highest BCUT2D eigenvalue weighted by molar-refractivity contribution is 7.19. The quantitative estimate of drug-likeness (QED) is 0.780. The molecule has 0 aliphatic carbocycles. The van der Waals surface area contributed by atoms with E-state index in [1.807, 2.05) is 12.1 Å². The Morgan fingerprint density at radius 1 is 1.10 bits per heavy atom. The molecule has 2 nitrogen and oxygen atoms in total. The highest BCUT2D eigenvalue weighted by atomic mass is 32.1. The Morgan fingerprint density at radius 3 is 2.55 bits per heavy atom. The van der Waals surface area contributed by atoms with Gasteiger partial charge in [0.25, 0.3) is 0 Å². The van der Waals surface area contributed by atoms with Gasteiger partial charge in [0.2, 0.25) is 0 Å². The number of thiophene rings is 1. The molecule has 1 unspecified atom stereocenters. The van der Waals surface area contributed by atoms with Crippen LogP contribution in [0.25, 0.3) is 10.1 Å². The van der Waals surface area contributed by atoms with Gasteiger partial charge in [-0.15, -0.1) is 11.3 Å². The molecule has 2 N–H and O–H groups in total. The second-order valence-corrected chi connectivity index (χ2v) is 5.96. The monoisotopic (exact) mass is 283 g/mol. The minimum absolute atomic E-state index is 0.0424. The van der Waals surface area contributed by atoms with Crippen molar-refractivity contribution in [2.24, 2.45) is 5.73 Å². The van der Waals surface area contributed by atoms with Crippen LogP contribution in [-0.4, -0.2) is 7.11 Å². The van der Waals surface area contributed by atoms with Crippen LogP contribution in [0.2, 0.25) is 0 Å². The largest absolute Gasteiger partial charge is 0.497 e. The first-order chi connectivity index (χ1) is 9.76. The third-order valence-electron chi connectivity index (χ3n) is 3.42. The molecule has 0 saturated carbocycles. The van der Waals surface area contributed by atoms with Crippen LogP contribution in [0.15, 0.2) is 54.6 Å². The highest BCUT2D eigenvalue weighted by Gasteiger charge is 2.11. The molecule has 3 rings (SSSR count). The second-order valence-electron chi connectivity index (χ2n) is 4.85. The predicted octanol–water partition coefficient (Wildman–Crippen LogP) is 4.15. The van der Waals surface area contributed by atoms with Crippen LogP contribution >= 0.6 is 11.3 Å². The van der Waals surface area contributed by atoms with Crippen LogP contribution < -0.4 is 10.5 Å². The fourth-order valence-corrected chi connectivity index (χ4v) is 3.37. The van der Waals surface area contributed by atoms with Crippen molar-refractivity contribution in [3.63, 3.8) is 0 Å². The Hall–Kier alpha value is -1.84. The van der Waals surface area contributed by atoms with Crippen molar-refractivity contribution in [3.05, 3.63) is 65.0 Å². The SMILES string of the molecule is COc1ccc(CC(N)c2cc3ccccc3s2)cc1. The second kappa shape index (κ2) is 5.65. The van der Waals surface area contributed by atoms with Crippen molar-refractivity contribution in [1.82, 2.24) is 0 Å². The van der Waals surface area contributed by atoms with Crippen LogP contribution in [-0.2, 0) is 6.42 Å². The molecule has 0 aliphatic heterocycles. The lowest BCUT2D eigenvalue weighted by molar-refractivity contribution is 0.414. The third kappa shape index (κ3) is 2.69. The third-order valence-corrected chi connectivity index (χ3v) is 4.67. The lowest BCUT2D eigenvalue weighted by Gasteiger charge is -2.10. The van der Waals surface area contributed by atoms with Gasteiger partial charge in [-0.1, -0.05) is 30.3 Å². The fraction of sp³-hybridized carbons (Fsp3) is 0.176. The van der Waals surface area contributed by atoms with Crippen molar-refractivity contribution in [3.8, 4) is 5.75 Å². The lowest BCUT2D eigenvalue weighted by atomic mass is 10.0. The van der Waals surface area contributed by atoms with Gasteiger partial charge in [-0.25, -0.2) is 0 Å². The smallest absolute Gasteiger partial charge is 0.118 e. The van der Waals surface area contributed by atoms with Crippen LogP contribution in [0.4, 0.5) is 0 Å². The van der Waals surface area contributed by atoms with Gasteiger partial charge >= 0.3 is 0 Å². The number of ether oxygens (including phenoxy) is 1. The summed E-state index contributed by atoms with van der Waals surface area (Å²) in [6.07, 6.45) is 0.844. The zero-order chi connectivity index (χ0) is 13.9. The van der Waals surface area contributed by atoms with Crippen LogP contribution in [0.1, 0.15) is 16.5 Å². The molecule has 102 valence electrons. The number of hydrogen-bond donors (Lipinski definition) is 1. The normalized spacial score (nSPS) is 12.5. The molecule has 1 atom stereocenters. The number of fused-ring (bicyclic) bond motifs is 1. The van der Waals surface area contributed by atoms with Crippen molar-refractivity contribution >= 4 is 21.4 Å². The van der Waals surface area contributed by atoms with Crippen molar-refractivity contribution in [2.45, 2.75) is 12.5 Å². The van der Waals surface area contributed by atoms with Gasteiger partial charge in [-0.2, -0.15) is 0 Å². The highest BCUT2D eigenvalue weighted by Crippen LogP contribution is 2.30. The van der Waals surface area contributed by atoms with Gasteiger partial charge < -0.3 is 10.5 Å². The summed E-state index contributed by atoms with van der Waals surface area (Å²) in [6.45, 7) is 0. The molecular weight excluding hydrogens is 266 g/mol. The topological polar surface area (TPSA) is 35.2 Å². The summed E-state index contributed by atoms with van der Waals surface area (Å²) < 4.78 is 6.47. The first-order valence-corrected chi connectivity index (χ1v) is 7.45. The lowest BCUT2D eigenvalue weighted by Crippen LogP contribution is -2.11. The maximum Gasteiger partial charge on any atom is 0.118 e. The predicted molar refractivity (Wildman–Crippen MR) is 85.5 cm³/mol. The first-order valence-electron chi connectivity index (χ1n) is 6.63. The number of nitrogens with two attached hydrogens (primary N) is 1. The van der Waals surface area contributed by atoms with E-state index in [-0.39, 0.29) is 6.04 Å². The molecule has 20 heavy (non-hydrogen) atoms. The van der Waals surface area contributed by atoms with Crippen LogP contribution in [0, 0.1) is 0 Å². The Morgan fingerprint density at radius 2 is 1.85 bits per heavy atom. The van der Waals surface area contributed by atoms with Gasteiger partial charge in [0, 0.05) is 15.6 Å². The average Bonchev–Trinajstić information content (AvgIpc) is 2.92. The van der Waals surface area contributed by atoms with E-state index >= 15 is 0 Å². The minimum atomic E-state index is 0.0424. The van der Waals surface area contributed by atoms with E-state index in [1.165, 1.54) is 20.5 Å². The first kappa shape index (κ1) is 13.2. The molecule has 1 heterocycles. The maximum absolute atomic E-state index is 6.34.